The summed E-state index contributed by atoms with van der Waals surface area (Å²) in [6.07, 6.45) is 6.07. The van der Waals surface area contributed by atoms with E-state index in [1.54, 1.807) is 25.1 Å². The lowest BCUT2D eigenvalue weighted by Crippen LogP contribution is -2.38. The lowest BCUT2D eigenvalue weighted by Gasteiger charge is -2.22. The van der Waals surface area contributed by atoms with E-state index in [2.05, 4.69) is 5.32 Å². The van der Waals surface area contributed by atoms with Crippen LogP contribution in [0.5, 0.6) is 0 Å². The van der Waals surface area contributed by atoms with E-state index in [9.17, 15) is 13.4 Å². The van der Waals surface area contributed by atoms with Gasteiger partial charge < -0.3 is 5.32 Å². The van der Waals surface area contributed by atoms with Crippen molar-refractivity contribution in [2.24, 2.45) is 5.92 Å². The van der Waals surface area contributed by atoms with Gasteiger partial charge in [0.1, 0.15) is 11.1 Å². The van der Waals surface area contributed by atoms with Crippen molar-refractivity contribution in [1.29, 1.82) is 0 Å². The molecule has 0 unspecified atom stereocenters. The Balaban J connectivity index is 1.81. The Hall–Kier alpha value is -1.23. The molecule has 0 aromatic heterocycles. The van der Waals surface area contributed by atoms with Gasteiger partial charge in [-0.25, -0.2) is 4.39 Å². The van der Waals surface area contributed by atoms with Gasteiger partial charge in [-0.2, -0.15) is 0 Å². The van der Waals surface area contributed by atoms with E-state index < -0.39 is 16.0 Å². The largest absolute Gasteiger partial charge is 0.355 e. The first-order chi connectivity index (χ1) is 10.6. The lowest BCUT2D eigenvalue weighted by atomic mass is 9.89. The number of rotatable bonds is 6. The highest BCUT2D eigenvalue weighted by molar-refractivity contribution is 7.85. The fourth-order valence-corrected chi connectivity index (χ4v) is 3.91. The lowest BCUT2D eigenvalue weighted by molar-refractivity contribution is -0.120. The van der Waals surface area contributed by atoms with E-state index in [0.717, 1.165) is 12.8 Å². The quantitative estimate of drug-likeness (QED) is 0.873. The summed E-state index contributed by atoms with van der Waals surface area (Å²) < 4.78 is 25.8. The second kappa shape index (κ2) is 8.42. The van der Waals surface area contributed by atoms with Crippen molar-refractivity contribution >= 4 is 16.7 Å². The maximum atomic E-state index is 13.6. The van der Waals surface area contributed by atoms with Gasteiger partial charge in [-0.3, -0.25) is 9.00 Å². The van der Waals surface area contributed by atoms with Crippen LogP contribution in [-0.4, -0.2) is 21.9 Å². The zero-order valence-electron chi connectivity index (χ0n) is 13.0. The van der Waals surface area contributed by atoms with Gasteiger partial charge in [0.25, 0.3) is 0 Å². The SMILES string of the molecule is C[C@H](C(=O)NCC1CCCCC1)[S@@](=O)Cc1ccccc1F. The number of nitrogens with one attached hydrogen (secondary N) is 1. The standard InChI is InChI=1S/C17H24FNO2S/c1-13(17(20)19-11-14-7-3-2-4-8-14)22(21)12-15-9-5-6-10-16(15)18/h5-6,9-10,13-14H,2-4,7-8,11-12H2,1H3,(H,19,20)/t13-,22+/m1/s1. The highest BCUT2D eigenvalue weighted by Gasteiger charge is 2.22. The van der Waals surface area contributed by atoms with Gasteiger partial charge in [-0.15, -0.1) is 0 Å². The van der Waals surface area contributed by atoms with Crippen molar-refractivity contribution in [3.05, 3.63) is 35.6 Å². The number of hydrogen-bond donors (Lipinski definition) is 1. The smallest absolute Gasteiger partial charge is 0.235 e. The van der Waals surface area contributed by atoms with E-state index in [1.807, 2.05) is 0 Å². The molecule has 1 fully saturated rings. The van der Waals surface area contributed by atoms with Crippen molar-refractivity contribution in [2.45, 2.75) is 50.0 Å². The van der Waals surface area contributed by atoms with E-state index in [0.29, 0.717) is 18.0 Å². The van der Waals surface area contributed by atoms with Crippen molar-refractivity contribution in [3.63, 3.8) is 0 Å². The van der Waals surface area contributed by atoms with Crippen LogP contribution >= 0.6 is 0 Å². The minimum Gasteiger partial charge on any atom is -0.355 e. The van der Waals surface area contributed by atoms with E-state index in [-0.39, 0.29) is 17.5 Å². The molecule has 1 amide bonds. The van der Waals surface area contributed by atoms with Crippen LogP contribution in [0.2, 0.25) is 0 Å². The molecule has 1 aromatic carbocycles. The Bertz CT molecular complexity index is 529. The molecule has 0 radical (unpaired) electrons. The highest BCUT2D eigenvalue weighted by Crippen LogP contribution is 2.22. The molecule has 2 atom stereocenters. The number of halogens is 1. The Labute approximate surface area is 134 Å². The zero-order valence-corrected chi connectivity index (χ0v) is 13.8. The Morgan fingerprint density at radius 2 is 2.00 bits per heavy atom. The molecule has 1 aliphatic carbocycles. The molecule has 1 saturated carbocycles. The normalized spacial score (nSPS) is 18.6. The number of carbonyl (C=O) groups excluding carboxylic acids is 1. The molecule has 1 aliphatic rings. The first-order valence-electron chi connectivity index (χ1n) is 7.96. The molecule has 0 aliphatic heterocycles. The summed E-state index contributed by atoms with van der Waals surface area (Å²) in [6, 6.07) is 6.27. The van der Waals surface area contributed by atoms with E-state index >= 15 is 0 Å². The third kappa shape index (κ3) is 4.90. The topological polar surface area (TPSA) is 46.2 Å². The molecule has 5 heteroatoms. The number of amides is 1. The van der Waals surface area contributed by atoms with Gasteiger partial charge in [-0.05, 0) is 31.7 Å². The Morgan fingerprint density at radius 3 is 2.68 bits per heavy atom. The average Bonchev–Trinajstić information content (AvgIpc) is 2.55. The van der Waals surface area contributed by atoms with Crippen molar-refractivity contribution in [3.8, 4) is 0 Å². The summed E-state index contributed by atoms with van der Waals surface area (Å²) in [4.78, 5) is 12.1. The maximum absolute atomic E-state index is 13.6. The van der Waals surface area contributed by atoms with Crippen molar-refractivity contribution < 1.29 is 13.4 Å². The minimum atomic E-state index is -1.41. The second-order valence-corrected chi connectivity index (χ2v) is 7.77. The van der Waals surface area contributed by atoms with Gasteiger partial charge >= 0.3 is 0 Å². The molecule has 0 spiro atoms. The van der Waals surface area contributed by atoms with Crippen LogP contribution in [0.25, 0.3) is 0 Å². The average molecular weight is 325 g/mol. The van der Waals surface area contributed by atoms with Crippen LogP contribution in [0, 0.1) is 11.7 Å². The molecule has 0 heterocycles. The number of benzene rings is 1. The van der Waals surface area contributed by atoms with Crippen LogP contribution < -0.4 is 5.32 Å². The van der Waals surface area contributed by atoms with Crippen LogP contribution in [0.1, 0.15) is 44.6 Å². The van der Waals surface area contributed by atoms with Crippen molar-refractivity contribution in [2.75, 3.05) is 6.54 Å². The zero-order chi connectivity index (χ0) is 15.9. The predicted molar refractivity (Wildman–Crippen MR) is 87.3 cm³/mol. The summed E-state index contributed by atoms with van der Waals surface area (Å²) >= 11 is 0. The molecule has 3 nitrogen and oxygen atoms in total. The molecule has 122 valence electrons. The monoisotopic (exact) mass is 325 g/mol. The van der Waals surface area contributed by atoms with Gasteiger partial charge in [-0.1, -0.05) is 37.5 Å². The van der Waals surface area contributed by atoms with Gasteiger partial charge in [0.05, 0.1) is 5.75 Å². The summed E-state index contributed by atoms with van der Waals surface area (Å²) in [5.41, 5.74) is 0.396. The molecular weight excluding hydrogens is 301 g/mol. The third-order valence-corrected chi connectivity index (χ3v) is 5.91. The molecule has 0 saturated heterocycles. The molecule has 22 heavy (non-hydrogen) atoms. The molecule has 1 N–H and O–H groups in total. The number of hydrogen-bond acceptors (Lipinski definition) is 2. The van der Waals surface area contributed by atoms with Gasteiger partial charge in [0.2, 0.25) is 5.91 Å². The summed E-state index contributed by atoms with van der Waals surface area (Å²) in [6.45, 7) is 2.31. The molecule has 2 rings (SSSR count). The Kier molecular flexibility index (Phi) is 6.55. The van der Waals surface area contributed by atoms with Gasteiger partial charge in [0, 0.05) is 22.9 Å². The van der Waals surface area contributed by atoms with Gasteiger partial charge in [0.15, 0.2) is 0 Å². The van der Waals surface area contributed by atoms with Crippen LogP contribution in [-0.2, 0) is 21.3 Å². The summed E-state index contributed by atoms with van der Waals surface area (Å²) in [5.74, 6) is 0.0563. The molecular formula is C17H24FNO2S. The molecule has 0 bridgehead atoms. The summed E-state index contributed by atoms with van der Waals surface area (Å²) in [7, 11) is -1.41. The first-order valence-corrected chi connectivity index (χ1v) is 9.34. The second-order valence-electron chi connectivity index (χ2n) is 6.01. The third-order valence-electron chi connectivity index (χ3n) is 4.31. The van der Waals surface area contributed by atoms with E-state index in [1.165, 1.54) is 25.3 Å². The van der Waals surface area contributed by atoms with E-state index in [4.69, 9.17) is 0 Å². The van der Waals surface area contributed by atoms with Crippen molar-refractivity contribution in [1.82, 2.24) is 5.32 Å². The minimum absolute atomic E-state index is 0.0741. The van der Waals surface area contributed by atoms with Crippen LogP contribution in [0.15, 0.2) is 24.3 Å². The predicted octanol–water partition coefficient (Wildman–Crippen LogP) is 3.16. The van der Waals surface area contributed by atoms with Crippen LogP contribution in [0.3, 0.4) is 0 Å². The Morgan fingerprint density at radius 1 is 1.32 bits per heavy atom. The summed E-state index contributed by atoms with van der Waals surface area (Å²) in [5, 5.41) is 2.29. The maximum Gasteiger partial charge on any atom is 0.235 e. The van der Waals surface area contributed by atoms with Crippen LogP contribution in [0.4, 0.5) is 4.39 Å². The highest BCUT2D eigenvalue weighted by atomic mass is 32.2. The first kappa shape index (κ1) is 17.1. The fourth-order valence-electron chi connectivity index (χ4n) is 2.79. The fraction of sp³-hybridized carbons (Fsp3) is 0.588. The molecule has 1 aromatic rings. The number of carbonyl (C=O) groups is 1.